The third-order valence-corrected chi connectivity index (χ3v) is 3.33. The van der Waals surface area contributed by atoms with Crippen LogP contribution in [-0.4, -0.2) is 25.9 Å². The molecule has 0 aliphatic rings. The van der Waals surface area contributed by atoms with Crippen LogP contribution in [0, 0.1) is 0 Å². The van der Waals surface area contributed by atoms with Gasteiger partial charge in [0.25, 0.3) is 0 Å². The van der Waals surface area contributed by atoms with Crippen LogP contribution in [0.1, 0.15) is 0 Å². The highest BCUT2D eigenvalue weighted by Crippen LogP contribution is 2.36. The third kappa shape index (κ3) is 2.28. The summed E-state index contributed by atoms with van der Waals surface area (Å²) in [4.78, 5) is 0. The van der Waals surface area contributed by atoms with Crippen LogP contribution in [0.3, 0.4) is 0 Å². The number of rotatable bonds is 3. The summed E-state index contributed by atoms with van der Waals surface area (Å²) >= 11 is 0. The Morgan fingerprint density at radius 3 is 2.17 bits per heavy atom. The van der Waals surface area contributed by atoms with Gasteiger partial charge in [-0.25, -0.2) is 0 Å². The summed E-state index contributed by atoms with van der Waals surface area (Å²) in [5, 5.41) is 1.25. The molecule has 0 heterocycles. The third-order valence-electron chi connectivity index (χ3n) is 1.51. The van der Waals surface area contributed by atoms with Gasteiger partial charge in [0.1, 0.15) is 8.30 Å². The first kappa shape index (κ1) is 9.66. The maximum atomic E-state index is 5.39. The Bertz CT molecular complexity index is 225. The van der Waals surface area contributed by atoms with E-state index in [0.717, 1.165) is 0 Å². The summed E-state index contributed by atoms with van der Waals surface area (Å²) in [6.45, 7) is 0. The lowest BCUT2D eigenvalue weighted by Gasteiger charge is -2.21. The summed E-state index contributed by atoms with van der Waals surface area (Å²) in [6.07, 6.45) is 0. The lowest BCUT2D eigenvalue weighted by Crippen LogP contribution is -2.14. The molecule has 0 aliphatic carbocycles. The quantitative estimate of drug-likeness (QED) is 0.663. The molecule has 2 nitrogen and oxygen atoms in total. The van der Waals surface area contributed by atoms with Gasteiger partial charge in [0.05, 0.1) is 0 Å². The number of benzene rings is 1. The molecule has 0 aromatic heterocycles. The Morgan fingerprint density at radius 2 is 1.75 bits per heavy atom. The van der Waals surface area contributed by atoms with Gasteiger partial charge in [0, 0.05) is 12.4 Å². The lowest BCUT2D eigenvalue weighted by molar-refractivity contribution is 0.427. The van der Waals surface area contributed by atoms with E-state index in [1.807, 2.05) is 32.3 Å². The molecular formula is C9H14NOP. The highest BCUT2D eigenvalue weighted by Gasteiger charge is 2.11. The van der Waals surface area contributed by atoms with Crippen molar-refractivity contribution in [1.29, 1.82) is 0 Å². The highest BCUT2D eigenvalue weighted by atomic mass is 31.2. The van der Waals surface area contributed by atoms with Gasteiger partial charge in [-0.1, -0.05) is 30.3 Å². The average Bonchev–Trinajstić information content (AvgIpc) is 2.07. The van der Waals surface area contributed by atoms with Crippen molar-refractivity contribution in [1.82, 2.24) is 4.67 Å². The second-order valence-corrected chi connectivity index (χ2v) is 4.87. The van der Waals surface area contributed by atoms with E-state index < -0.39 is 8.30 Å². The molecule has 0 N–H and O–H groups in total. The Morgan fingerprint density at radius 1 is 1.17 bits per heavy atom. The van der Waals surface area contributed by atoms with Crippen molar-refractivity contribution in [3.8, 4) is 0 Å². The molecule has 12 heavy (non-hydrogen) atoms. The molecule has 66 valence electrons. The van der Waals surface area contributed by atoms with Crippen molar-refractivity contribution < 1.29 is 4.52 Å². The maximum Gasteiger partial charge on any atom is 0.136 e. The Balaban J connectivity index is 2.80. The SMILES string of the molecule is COP(c1ccccc1)N(C)C. The zero-order valence-electron chi connectivity index (χ0n) is 7.69. The Hall–Kier alpha value is -0.430. The standard InChI is InChI=1S/C9H14NOP/c1-10(2)12(11-3)9-7-5-4-6-8-9/h4-8H,1-3H3. The first-order valence-corrected chi connectivity index (χ1v) is 5.03. The Kier molecular flexibility index (Phi) is 3.67. The normalized spacial score (nSPS) is 13.3. The van der Waals surface area contributed by atoms with E-state index in [1.165, 1.54) is 5.30 Å². The van der Waals surface area contributed by atoms with Gasteiger partial charge in [-0.3, -0.25) is 4.67 Å². The van der Waals surface area contributed by atoms with Crippen LogP contribution in [0.15, 0.2) is 30.3 Å². The number of hydrogen-bond acceptors (Lipinski definition) is 2. The smallest absolute Gasteiger partial charge is 0.136 e. The molecule has 0 aliphatic heterocycles. The van der Waals surface area contributed by atoms with E-state index >= 15 is 0 Å². The molecule has 3 heteroatoms. The zero-order chi connectivity index (χ0) is 8.97. The first-order chi connectivity index (χ1) is 5.75. The van der Waals surface area contributed by atoms with Crippen LogP contribution in [0.25, 0.3) is 0 Å². The highest BCUT2D eigenvalue weighted by molar-refractivity contribution is 7.58. The van der Waals surface area contributed by atoms with E-state index in [9.17, 15) is 0 Å². The van der Waals surface area contributed by atoms with Gasteiger partial charge >= 0.3 is 0 Å². The van der Waals surface area contributed by atoms with E-state index in [2.05, 4.69) is 16.8 Å². The summed E-state index contributed by atoms with van der Waals surface area (Å²) in [5.74, 6) is 0. The number of nitrogens with zero attached hydrogens (tertiary/aromatic N) is 1. The molecule has 1 rings (SSSR count). The van der Waals surface area contributed by atoms with Crippen LogP contribution < -0.4 is 5.30 Å². The summed E-state index contributed by atoms with van der Waals surface area (Å²) < 4.78 is 7.49. The molecule has 1 aromatic carbocycles. The van der Waals surface area contributed by atoms with Gasteiger partial charge in [0.2, 0.25) is 0 Å². The van der Waals surface area contributed by atoms with Crippen LogP contribution in [0.4, 0.5) is 0 Å². The van der Waals surface area contributed by atoms with Crippen LogP contribution in [-0.2, 0) is 4.52 Å². The van der Waals surface area contributed by atoms with Crippen molar-refractivity contribution in [2.75, 3.05) is 21.2 Å². The fraction of sp³-hybridized carbons (Fsp3) is 0.333. The van der Waals surface area contributed by atoms with E-state index in [-0.39, 0.29) is 0 Å². The molecule has 0 bridgehead atoms. The van der Waals surface area contributed by atoms with E-state index in [0.29, 0.717) is 0 Å². The molecule has 1 aromatic rings. The van der Waals surface area contributed by atoms with E-state index in [4.69, 9.17) is 4.52 Å². The summed E-state index contributed by atoms with van der Waals surface area (Å²) in [7, 11) is 5.23. The molecule has 0 saturated carbocycles. The van der Waals surface area contributed by atoms with Crippen molar-refractivity contribution in [2.45, 2.75) is 0 Å². The molecule has 0 fully saturated rings. The van der Waals surface area contributed by atoms with Crippen LogP contribution in [0.2, 0.25) is 0 Å². The van der Waals surface area contributed by atoms with Crippen molar-refractivity contribution in [3.63, 3.8) is 0 Å². The molecule has 1 atom stereocenters. The van der Waals surface area contributed by atoms with Gasteiger partial charge in [-0.2, -0.15) is 0 Å². The predicted octanol–water partition coefficient (Wildman–Crippen LogP) is 1.83. The largest absolute Gasteiger partial charge is 0.343 e. The molecule has 0 radical (unpaired) electrons. The Labute approximate surface area is 75.0 Å². The van der Waals surface area contributed by atoms with Crippen molar-refractivity contribution in [3.05, 3.63) is 30.3 Å². The zero-order valence-corrected chi connectivity index (χ0v) is 8.58. The minimum absolute atomic E-state index is 0.579. The molecule has 1 unspecified atom stereocenters. The number of hydrogen-bond donors (Lipinski definition) is 0. The first-order valence-electron chi connectivity index (χ1n) is 3.82. The second-order valence-electron chi connectivity index (χ2n) is 2.64. The summed E-state index contributed by atoms with van der Waals surface area (Å²) in [5.41, 5.74) is 0. The van der Waals surface area contributed by atoms with E-state index in [1.54, 1.807) is 7.11 Å². The molecule has 0 amide bonds. The second kappa shape index (κ2) is 4.56. The lowest BCUT2D eigenvalue weighted by atomic mass is 10.4. The minimum Gasteiger partial charge on any atom is -0.343 e. The van der Waals surface area contributed by atoms with Crippen LogP contribution in [0.5, 0.6) is 0 Å². The fourth-order valence-electron chi connectivity index (χ4n) is 1.06. The topological polar surface area (TPSA) is 12.5 Å². The fourth-order valence-corrected chi connectivity index (χ4v) is 2.48. The van der Waals surface area contributed by atoms with Gasteiger partial charge in [-0.05, 0) is 14.1 Å². The summed E-state index contributed by atoms with van der Waals surface area (Å²) in [6, 6.07) is 10.3. The van der Waals surface area contributed by atoms with Crippen molar-refractivity contribution in [2.24, 2.45) is 0 Å². The van der Waals surface area contributed by atoms with Gasteiger partial charge < -0.3 is 4.52 Å². The molecular weight excluding hydrogens is 169 g/mol. The monoisotopic (exact) mass is 183 g/mol. The average molecular weight is 183 g/mol. The van der Waals surface area contributed by atoms with Gasteiger partial charge in [0.15, 0.2) is 0 Å². The maximum absolute atomic E-state index is 5.39. The molecule has 0 saturated heterocycles. The van der Waals surface area contributed by atoms with Gasteiger partial charge in [-0.15, -0.1) is 0 Å². The van der Waals surface area contributed by atoms with Crippen molar-refractivity contribution >= 4 is 13.6 Å². The minimum atomic E-state index is -0.579. The predicted molar refractivity (Wildman–Crippen MR) is 53.7 cm³/mol. The van der Waals surface area contributed by atoms with Crippen LogP contribution >= 0.6 is 8.30 Å². The molecule has 0 spiro atoms.